The van der Waals surface area contributed by atoms with Crippen LogP contribution in [0.4, 0.5) is 0 Å². The molecule has 0 saturated carbocycles. The molecule has 0 atom stereocenters. The standard InChI is InChI=1S/C10H13N3S/c1-7(2)9-6-11-10(14-9)8-4-5-13(3)12-8/h4-7H,1-3H3. The van der Waals surface area contributed by atoms with Crippen LogP contribution in [0.2, 0.25) is 0 Å². The van der Waals surface area contributed by atoms with Crippen LogP contribution in [0, 0.1) is 0 Å². The van der Waals surface area contributed by atoms with E-state index in [0.29, 0.717) is 5.92 Å². The smallest absolute Gasteiger partial charge is 0.143 e. The summed E-state index contributed by atoms with van der Waals surface area (Å²) in [5.41, 5.74) is 0.962. The highest BCUT2D eigenvalue weighted by Crippen LogP contribution is 2.27. The predicted octanol–water partition coefficient (Wildman–Crippen LogP) is 2.67. The van der Waals surface area contributed by atoms with Crippen LogP contribution in [0.1, 0.15) is 24.6 Å². The van der Waals surface area contributed by atoms with Gasteiger partial charge in [-0.2, -0.15) is 5.10 Å². The Labute approximate surface area is 87.4 Å². The first-order valence-electron chi connectivity index (χ1n) is 4.62. The third-order valence-electron chi connectivity index (χ3n) is 2.03. The van der Waals surface area contributed by atoms with Crippen LogP contribution >= 0.6 is 11.3 Å². The van der Waals surface area contributed by atoms with E-state index in [1.165, 1.54) is 4.88 Å². The van der Waals surface area contributed by atoms with Gasteiger partial charge in [-0.05, 0) is 12.0 Å². The van der Waals surface area contributed by atoms with E-state index in [1.54, 1.807) is 16.0 Å². The van der Waals surface area contributed by atoms with Gasteiger partial charge in [0.1, 0.15) is 10.7 Å². The topological polar surface area (TPSA) is 30.7 Å². The lowest BCUT2D eigenvalue weighted by molar-refractivity contribution is 0.770. The van der Waals surface area contributed by atoms with Gasteiger partial charge in [-0.25, -0.2) is 4.98 Å². The summed E-state index contributed by atoms with van der Waals surface area (Å²) in [5.74, 6) is 0.546. The van der Waals surface area contributed by atoms with E-state index < -0.39 is 0 Å². The van der Waals surface area contributed by atoms with E-state index in [0.717, 1.165) is 10.7 Å². The number of aromatic nitrogens is 3. The Morgan fingerprint density at radius 1 is 1.43 bits per heavy atom. The quantitative estimate of drug-likeness (QED) is 0.758. The number of thiazole rings is 1. The second-order valence-corrected chi connectivity index (χ2v) is 4.66. The molecule has 14 heavy (non-hydrogen) atoms. The van der Waals surface area contributed by atoms with Gasteiger partial charge < -0.3 is 0 Å². The third kappa shape index (κ3) is 1.70. The minimum Gasteiger partial charge on any atom is -0.275 e. The molecule has 2 aromatic heterocycles. The number of hydrogen-bond donors (Lipinski definition) is 0. The van der Waals surface area contributed by atoms with E-state index in [2.05, 4.69) is 23.9 Å². The summed E-state index contributed by atoms with van der Waals surface area (Å²) in [6.07, 6.45) is 3.88. The van der Waals surface area contributed by atoms with Crippen LogP contribution in [0.25, 0.3) is 10.7 Å². The summed E-state index contributed by atoms with van der Waals surface area (Å²) < 4.78 is 1.80. The van der Waals surface area contributed by atoms with Gasteiger partial charge in [0.15, 0.2) is 0 Å². The van der Waals surface area contributed by atoms with Crippen molar-refractivity contribution in [2.24, 2.45) is 7.05 Å². The lowest BCUT2D eigenvalue weighted by Crippen LogP contribution is -1.87. The lowest BCUT2D eigenvalue weighted by atomic mass is 10.2. The molecule has 3 nitrogen and oxygen atoms in total. The lowest BCUT2D eigenvalue weighted by Gasteiger charge is -1.95. The molecular formula is C10H13N3S. The van der Waals surface area contributed by atoms with Crippen LogP contribution in [0.5, 0.6) is 0 Å². The van der Waals surface area contributed by atoms with Crippen LogP contribution in [0.15, 0.2) is 18.5 Å². The molecule has 2 heterocycles. The zero-order valence-corrected chi connectivity index (χ0v) is 9.38. The second kappa shape index (κ2) is 3.53. The van der Waals surface area contributed by atoms with Gasteiger partial charge in [0.05, 0.1) is 0 Å². The van der Waals surface area contributed by atoms with Crippen LogP contribution in [0.3, 0.4) is 0 Å². The summed E-state index contributed by atoms with van der Waals surface area (Å²) in [7, 11) is 1.92. The molecule has 0 saturated heterocycles. The first kappa shape index (κ1) is 9.40. The molecule has 0 amide bonds. The summed E-state index contributed by atoms with van der Waals surface area (Å²) in [4.78, 5) is 5.67. The molecule has 4 heteroatoms. The molecule has 0 fully saturated rings. The predicted molar refractivity (Wildman–Crippen MR) is 58.4 cm³/mol. The molecular weight excluding hydrogens is 194 g/mol. The maximum atomic E-state index is 4.36. The average molecular weight is 207 g/mol. The zero-order valence-electron chi connectivity index (χ0n) is 8.56. The van der Waals surface area contributed by atoms with Crippen molar-refractivity contribution in [3.8, 4) is 10.7 Å². The first-order valence-corrected chi connectivity index (χ1v) is 5.44. The molecule has 0 unspecified atom stereocenters. The van der Waals surface area contributed by atoms with Crippen LogP contribution in [-0.2, 0) is 7.05 Å². The van der Waals surface area contributed by atoms with E-state index >= 15 is 0 Å². The summed E-state index contributed by atoms with van der Waals surface area (Å²) >= 11 is 1.72. The Kier molecular flexibility index (Phi) is 2.37. The normalized spacial score (nSPS) is 11.1. The SMILES string of the molecule is CC(C)c1cnc(-c2ccn(C)n2)s1. The molecule has 0 aliphatic carbocycles. The molecule has 2 rings (SSSR count). The maximum absolute atomic E-state index is 4.36. The third-order valence-corrected chi connectivity index (χ3v) is 3.35. The second-order valence-electron chi connectivity index (χ2n) is 3.60. The fraction of sp³-hybridized carbons (Fsp3) is 0.400. The Morgan fingerprint density at radius 3 is 2.71 bits per heavy atom. The molecule has 0 bridgehead atoms. The van der Waals surface area contributed by atoms with Gasteiger partial charge in [0.25, 0.3) is 0 Å². The zero-order chi connectivity index (χ0) is 10.1. The fourth-order valence-corrected chi connectivity index (χ4v) is 2.08. The number of aryl methyl sites for hydroxylation is 1. The van der Waals surface area contributed by atoms with Gasteiger partial charge in [0, 0.05) is 24.3 Å². The summed E-state index contributed by atoms with van der Waals surface area (Å²) in [6, 6.07) is 1.99. The maximum Gasteiger partial charge on any atom is 0.143 e. The van der Waals surface area contributed by atoms with E-state index in [4.69, 9.17) is 0 Å². The van der Waals surface area contributed by atoms with Crippen molar-refractivity contribution >= 4 is 11.3 Å². The summed E-state index contributed by atoms with van der Waals surface area (Å²) in [6.45, 7) is 4.35. The molecule has 74 valence electrons. The van der Waals surface area contributed by atoms with Gasteiger partial charge in [0.2, 0.25) is 0 Å². The Balaban J connectivity index is 2.33. The highest BCUT2D eigenvalue weighted by Gasteiger charge is 2.08. The van der Waals surface area contributed by atoms with Crippen LogP contribution < -0.4 is 0 Å². The Hall–Kier alpha value is -1.16. The number of hydrogen-bond acceptors (Lipinski definition) is 3. The molecule has 0 aliphatic heterocycles. The monoisotopic (exact) mass is 207 g/mol. The minimum absolute atomic E-state index is 0.546. The molecule has 0 radical (unpaired) electrons. The molecule has 0 aliphatic rings. The molecule has 0 spiro atoms. The largest absolute Gasteiger partial charge is 0.275 e. The van der Waals surface area contributed by atoms with Gasteiger partial charge >= 0.3 is 0 Å². The van der Waals surface area contributed by atoms with Gasteiger partial charge in [-0.1, -0.05) is 13.8 Å². The number of nitrogens with zero attached hydrogens (tertiary/aromatic N) is 3. The van der Waals surface area contributed by atoms with Crippen molar-refractivity contribution in [2.45, 2.75) is 19.8 Å². The Morgan fingerprint density at radius 2 is 2.21 bits per heavy atom. The van der Waals surface area contributed by atoms with Crippen LogP contribution in [-0.4, -0.2) is 14.8 Å². The van der Waals surface area contributed by atoms with Crippen molar-refractivity contribution < 1.29 is 0 Å². The van der Waals surface area contributed by atoms with Crippen molar-refractivity contribution in [1.29, 1.82) is 0 Å². The summed E-state index contributed by atoms with van der Waals surface area (Å²) in [5, 5.41) is 5.33. The van der Waals surface area contributed by atoms with Gasteiger partial charge in [-0.3, -0.25) is 4.68 Å². The average Bonchev–Trinajstić information content (AvgIpc) is 2.70. The van der Waals surface area contributed by atoms with E-state index in [-0.39, 0.29) is 0 Å². The minimum atomic E-state index is 0.546. The number of rotatable bonds is 2. The van der Waals surface area contributed by atoms with E-state index in [9.17, 15) is 0 Å². The fourth-order valence-electron chi connectivity index (χ4n) is 1.20. The molecule has 0 N–H and O–H groups in total. The Bertz CT molecular complexity index is 428. The highest BCUT2D eigenvalue weighted by molar-refractivity contribution is 7.15. The molecule has 2 aromatic rings. The van der Waals surface area contributed by atoms with E-state index in [1.807, 2.05) is 25.5 Å². The van der Waals surface area contributed by atoms with Crippen molar-refractivity contribution in [3.63, 3.8) is 0 Å². The van der Waals surface area contributed by atoms with Crippen molar-refractivity contribution in [2.75, 3.05) is 0 Å². The van der Waals surface area contributed by atoms with Crippen molar-refractivity contribution in [1.82, 2.24) is 14.8 Å². The molecule has 0 aromatic carbocycles. The van der Waals surface area contributed by atoms with Gasteiger partial charge in [-0.15, -0.1) is 11.3 Å². The highest BCUT2D eigenvalue weighted by atomic mass is 32.1. The first-order chi connectivity index (χ1) is 6.66. The van der Waals surface area contributed by atoms with Crippen molar-refractivity contribution in [3.05, 3.63) is 23.3 Å².